The quantitative estimate of drug-likeness (QED) is 0.798. The standard InChI is InChI=1S/C25H32N4O3/c30-23(15-18-8-9-22-19(14-18)7-5-13-32-22)29-12-4-6-20(17-29)24-21(16-26-27-24)25(31)28-10-2-1-3-11-28/h8-9,14,16,20H,1-7,10-13,15,17H2,(H,26,27). The van der Waals surface area contributed by atoms with Gasteiger partial charge in [-0.2, -0.15) is 5.10 Å². The van der Waals surface area contributed by atoms with E-state index in [9.17, 15) is 9.59 Å². The van der Waals surface area contributed by atoms with Crippen molar-refractivity contribution in [1.29, 1.82) is 0 Å². The third-order valence-corrected chi connectivity index (χ3v) is 7.05. The van der Waals surface area contributed by atoms with Crippen molar-refractivity contribution < 1.29 is 14.3 Å². The third kappa shape index (κ3) is 4.38. The average Bonchev–Trinajstić information content (AvgIpc) is 3.34. The van der Waals surface area contributed by atoms with Gasteiger partial charge in [-0.1, -0.05) is 12.1 Å². The Labute approximate surface area is 189 Å². The van der Waals surface area contributed by atoms with E-state index in [4.69, 9.17) is 4.74 Å². The zero-order valence-corrected chi connectivity index (χ0v) is 18.6. The second-order valence-corrected chi connectivity index (χ2v) is 9.30. The minimum Gasteiger partial charge on any atom is -0.493 e. The molecule has 0 aliphatic carbocycles. The highest BCUT2D eigenvalue weighted by Gasteiger charge is 2.30. The van der Waals surface area contributed by atoms with Crippen molar-refractivity contribution in [3.63, 3.8) is 0 Å². The highest BCUT2D eigenvalue weighted by Crippen LogP contribution is 2.30. The lowest BCUT2D eigenvalue weighted by molar-refractivity contribution is -0.131. The number of aryl methyl sites for hydroxylation is 1. The molecule has 0 bridgehead atoms. The molecular weight excluding hydrogens is 404 g/mol. The molecule has 1 aromatic heterocycles. The topological polar surface area (TPSA) is 78.5 Å². The van der Waals surface area contributed by atoms with E-state index in [-0.39, 0.29) is 17.7 Å². The van der Waals surface area contributed by atoms with Gasteiger partial charge in [0, 0.05) is 32.1 Å². The van der Waals surface area contributed by atoms with Crippen LogP contribution in [0, 0.1) is 0 Å². The number of benzene rings is 1. The second-order valence-electron chi connectivity index (χ2n) is 9.30. The summed E-state index contributed by atoms with van der Waals surface area (Å²) in [6, 6.07) is 6.13. The van der Waals surface area contributed by atoms with Gasteiger partial charge in [-0.25, -0.2) is 0 Å². The van der Waals surface area contributed by atoms with Crippen LogP contribution in [0.15, 0.2) is 24.4 Å². The first kappa shape index (κ1) is 21.0. The van der Waals surface area contributed by atoms with Crippen LogP contribution in [0.25, 0.3) is 0 Å². The van der Waals surface area contributed by atoms with Crippen LogP contribution in [0.1, 0.15) is 71.6 Å². The molecule has 0 saturated carbocycles. The fourth-order valence-electron chi connectivity index (χ4n) is 5.29. The predicted octanol–water partition coefficient (Wildman–Crippen LogP) is 3.31. The lowest BCUT2D eigenvalue weighted by Crippen LogP contribution is -2.41. The maximum absolute atomic E-state index is 13.1. The van der Waals surface area contributed by atoms with Gasteiger partial charge in [-0.15, -0.1) is 0 Å². The number of nitrogens with one attached hydrogen (secondary N) is 1. The Kier molecular flexibility index (Phi) is 6.14. The maximum Gasteiger partial charge on any atom is 0.257 e. The minimum absolute atomic E-state index is 0.0770. The molecule has 4 heterocycles. The molecule has 170 valence electrons. The first-order valence-corrected chi connectivity index (χ1v) is 12.0. The number of aromatic nitrogens is 2. The summed E-state index contributed by atoms with van der Waals surface area (Å²) in [7, 11) is 0. The van der Waals surface area contributed by atoms with E-state index >= 15 is 0 Å². The van der Waals surface area contributed by atoms with Gasteiger partial charge in [0.2, 0.25) is 5.91 Å². The molecule has 1 aromatic carbocycles. The zero-order chi connectivity index (χ0) is 21.9. The minimum atomic E-state index is 0.0770. The summed E-state index contributed by atoms with van der Waals surface area (Å²) in [5, 5.41) is 7.29. The average molecular weight is 437 g/mol. The van der Waals surface area contributed by atoms with Crippen LogP contribution in [0.2, 0.25) is 0 Å². The molecule has 2 fully saturated rings. The Bertz CT molecular complexity index is 979. The summed E-state index contributed by atoms with van der Waals surface area (Å²) in [5.74, 6) is 1.30. The second kappa shape index (κ2) is 9.35. The van der Waals surface area contributed by atoms with Gasteiger partial charge in [-0.05, 0) is 62.1 Å². The van der Waals surface area contributed by atoms with Crippen molar-refractivity contribution in [3.05, 3.63) is 46.8 Å². The molecule has 1 unspecified atom stereocenters. The van der Waals surface area contributed by atoms with Crippen LogP contribution < -0.4 is 4.74 Å². The van der Waals surface area contributed by atoms with Gasteiger partial charge in [0.1, 0.15) is 5.75 Å². The van der Waals surface area contributed by atoms with E-state index < -0.39 is 0 Å². The monoisotopic (exact) mass is 436 g/mol. The lowest BCUT2D eigenvalue weighted by atomic mass is 9.91. The van der Waals surface area contributed by atoms with Gasteiger partial charge in [-0.3, -0.25) is 14.7 Å². The smallest absolute Gasteiger partial charge is 0.257 e. The van der Waals surface area contributed by atoms with Crippen molar-refractivity contribution in [3.8, 4) is 5.75 Å². The summed E-state index contributed by atoms with van der Waals surface area (Å²) in [6.45, 7) is 3.83. The Morgan fingerprint density at radius 1 is 1.06 bits per heavy atom. The normalized spacial score (nSPS) is 21.1. The van der Waals surface area contributed by atoms with Crippen molar-refractivity contribution in [1.82, 2.24) is 20.0 Å². The van der Waals surface area contributed by atoms with Gasteiger partial charge in [0.15, 0.2) is 0 Å². The number of piperidine rings is 2. The van der Waals surface area contributed by atoms with E-state index in [1.807, 2.05) is 21.9 Å². The number of nitrogens with zero attached hydrogens (tertiary/aromatic N) is 3. The predicted molar refractivity (Wildman–Crippen MR) is 121 cm³/mol. The molecule has 3 aliphatic heterocycles. The van der Waals surface area contributed by atoms with Crippen molar-refractivity contribution in [2.45, 2.75) is 57.3 Å². The Morgan fingerprint density at radius 2 is 1.91 bits per heavy atom. The summed E-state index contributed by atoms with van der Waals surface area (Å²) < 4.78 is 5.69. The molecule has 0 spiro atoms. The Morgan fingerprint density at radius 3 is 2.78 bits per heavy atom. The molecule has 7 nitrogen and oxygen atoms in total. The number of likely N-dealkylation sites (tertiary alicyclic amines) is 2. The van der Waals surface area contributed by atoms with Gasteiger partial charge in [0.05, 0.1) is 30.5 Å². The summed E-state index contributed by atoms with van der Waals surface area (Å²) in [4.78, 5) is 30.1. The van der Waals surface area contributed by atoms with E-state index in [1.54, 1.807) is 6.20 Å². The number of fused-ring (bicyclic) bond motifs is 1. The molecule has 32 heavy (non-hydrogen) atoms. The van der Waals surface area contributed by atoms with Gasteiger partial charge in [0.25, 0.3) is 5.91 Å². The molecule has 2 amide bonds. The first-order valence-electron chi connectivity index (χ1n) is 12.0. The van der Waals surface area contributed by atoms with Crippen LogP contribution in [0.3, 0.4) is 0 Å². The van der Waals surface area contributed by atoms with E-state index in [1.165, 1.54) is 12.0 Å². The SMILES string of the molecule is O=C(Cc1ccc2c(c1)CCCO2)N1CCCC(c2[nH]ncc2C(=O)N2CCCCC2)C1. The van der Waals surface area contributed by atoms with Crippen LogP contribution in [-0.2, 0) is 17.6 Å². The summed E-state index contributed by atoms with van der Waals surface area (Å²) in [6.07, 6.45) is 9.34. The van der Waals surface area contributed by atoms with Crippen LogP contribution in [0.5, 0.6) is 5.75 Å². The summed E-state index contributed by atoms with van der Waals surface area (Å²) >= 11 is 0. The molecule has 5 rings (SSSR count). The largest absolute Gasteiger partial charge is 0.493 e. The number of amides is 2. The number of rotatable bonds is 4. The number of hydrogen-bond donors (Lipinski definition) is 1. The molecule has 0 radical (unpaired) electrons. The number of carbonyl (C=O) groups excluding carboxylic acids is 2. The molecule has 7 heteroatoms. The highest BCUT2D eigenvalue weighted by atomic mass is 16.5. The summed E-state index contributed by atoms with van der Waals surface area (Å²) in [5.41, 5.74) is 3.82. The fourth-order valence-corrected chi connectivity index (χ4v) is 5.29. The third-order valence-electron chi connectivity index (χ3n) is 7.05. The van der Waals surface area contributed by atoms with Crippen LogP contribution in [0.4, 0.5) is 0 Å². The van der Waals surface area contributed by atoms with E-state index in [0.717, 1.165) is 81.8 Å². The Balaban J connectivity index is 1.25. The molecule has 1 N–H and O–H groups in total. The van der Waals surface area contributed by atoms with E-state index in [0.29, 0.717) is 18.5 Å². The number of aromatic amines is 1. The molecule has 1 atom stereocenters. The maximum atomic E-state index is 13.1. The number of carbonyl (C=O) groups is 2. The number of H-pyrrole nitrogens is 1. The van der Waals surface area contributed by atoms with Crippen molar-refractivity contribution >= 4 is 11.8 Å². The van der Waals surface area contributed by atoms with Crippen molar-refractivity contribution in [2.75, 3.05) is 32.8 Å². The van der Waals surface area contributed by atoms with Crippen LogP contribution >= 0.6 is 0 Å². The molecule has 2 aromatic rings. The molecule has 3 aliphatic rings. The van der Waals surface area contributed by atoms with Gasteiger partial charge < -0.3 is 14.5 Å². The van der Waals surface area contributed by atoms with Crippen LogP contribution in [-0.4, -0.2) is 64.6 Å². The van der Waals surface area contributed by atoms with Crippen molar-refractivity contribution in [2.24, 2.45) is 0 Å². The number of hydrogen-bond acceptors (Lipinski definition) is 4. The number of ether oxygens (including phenoxy) is 1. The zero-order valence-electron chi connectivity index (χ0n) is 18.6. The molecular formula is C25H32N4O3. The lowest BCUT2D eigenvalue weighted by Gasteiger charge is -2.33. The first-order chi connectivity index (χ1) is 15.7. The Hall–Kier alpha value is -2.83. The fraction of sp³-hybridized carbons (Fsp3) is 0.560. The highest BCUT2D eigenvalue weighted by molar-refractivity contribution is 5.95. The van der Waals surface area contributed by atoms with E-state index in [2.05, 4.69) is 16.3 Å². The van der Waals surface area contributed by atoms with Gasteiger partial charge >= 0.3 is 0 Å². The molecule has 2 saturated heterocycles.